The maximum absolute atomic E-state index is 11.8. The van der Waals surface area contributed by atoms with Crippen molar-refractivity contribution in [2.24, 2.45) is 5.90 Å². The van der Waals surface area contributed by atoms with Crippen LogP contribution in [-0.4, -0.2) is 16.8 Å². The Morgan fingerprint density at radius 2 is 1.85 bits per heavy atom. The van der Waals surface area contributed by atoms with Gasteiger partial charge in [0.1, 0.15) is 17.0 Å². The fourth-order valence-corrected chi connectivity index (χ4v) is 1.62. The van der Waals surface area contributed by atoms with E-state index in [9.17, 15) is 9.90 Å². The fraction of sp³-hybridized carbons (Fsp3) is 0.500. The second-order valence-corrected chi connectivity index (χ2v) is 5.98. The number of nitrogens with one attached hydrogen (secondary N) is 1. The maximum atomic E-state index is 11.8. The number of phenols is 1. The molecule has 0 saturated heterocycles. The Morgan fingerprint density at radius 3 is 2.35 bits per heavy atom. The topological polar surface area (TPSA) is 93.8 Å². The molecule has 6 heteroatoms. The quantitative estimate of drug-likeness (QED) is 0.585. The SMILES string of the molecule is CC(C)(C)OC(=O)Nc1ccc(O)cc1C(C)(C)ON. The van der Waals surface area contributed by atoms with E-state index in [1.54, 1.807) is 40.7 Å². The summed E-state index contributed by atoms with van der Waals surface area (Å²) in [6.07, 6.45) is -0.586. The van der Waals surface area contributed by atoms with Crippen molar-refractivity contribution < 1.29 is 19.5 Å². The monoisotopic (exact) mass is 282 g/mol. The normalized spacial score (nSPS) is 12.1. The van der Waals surface area contributed by atoms with Crippen molar-refractivity contribution >= 4 is 11.8 Å². The summed E-state index contributed by atoms with van der Waals surface area (Å²) in [5.74, 6) is 5.32. The molecule has 0 atom stereocenters. The number of carbonyl (C=O) groups is 1. The Kier molecular flexibility index (Phi) is 4.62. The third-order valence-electron chi connectivity index (χ3n) is 2.58. The molecule has 0 heterocycles. The first kappa shape index (κ1) is 16.3. The lowest BCUT2D eigenvalue weighted by atomic mass is 9.96. The summed E-state index contributed by atoms with van der Waals surface area (Å²) in [6.45, 7) is 8.77. The highest BCUT2D eigenvalue weighted by atomic mass is 16.6. The number of nitrogens with two attached hydrogens (primary N) is 1. The number of anilines is 1. The third-order valence-corrected chi connectivity index (χ3v) is 2.58. The van der Waals surface area contributed by atoms with Crippen LogP contribution in [0.3, 0.4) is 0 Å². The predicted octanol–water partition coefficient (Wildman–Crippen LogP) is 2.86. The van der Waals surface area contributed by atoms with Gasteiger partial charge in [-0.25, -0.2) is 10.7 Å². The summed E-state index contributed by atoms with van der Waals surface area (Å²) in [5, 5.41) is 12.2. The van der Waals surface area contributed by atoms with Gasteiger partial charge in [-0.2, -0.15) is 0 Å². The number of carbonyl (C=O) groups excluding carboxylic acids is 1. The average molecular weight is 282 g/mol. The highest BCUT2D eigenvalue weighted by Gasteiger charge is 2.26. The van der Waals surface area contributed by atoms with Crippen LogP contribution in [0, 0.1) is 0 Å². The molecule has 0 aliphatic rings. The van der Waals surface area contributed by atoms with Gasteiger partial charge in [0.25, 0.3) is 0 Å². The third kappa shape index (κ3) is 4.40. The van der Waals surface area contributed by atoms with Gasteiger partial charge in [0, 0.05) is 5.56 Å². The number of rotatable bonds is 3. The minimum absolute atomic E-state index is 0.0554. The smallest absolute Gasteiger partial charge is 0.412 e. The summed E-state index contributed by atoms with van der Waals surface area (Å²) in [7, 11) is 0. The number of ether oxygens (including phenoxy) is 1. The number of hydrogen-bond acceptors (Lipinski definition) is 5. The molecule has 0 saturated carbocycles. The van der Waals surface area contributed by atoms with Gasteiger partial charge in [-0.05, 0) is 52.8 Å². The minimum atomic E-state index is -0.872. The molecule has 0 fully saturated rings. The lowest BCUT2D eigenvalue weighted by Crippen LogP contribution is -2.30. The molecular formula is C14H22N2O4. The molecule has 4 N–H and O–H groups in total. The molecule has 112 valence electrons. The summed E-state index contributed by atoms with van der Waals surface area (Å²) in [5.41, 5.74) is -0.456. The van der Waals surface area contributed by atoms with Gasteiger partial charge in [-0.3, -0.25) is 10.2 Å². The van der Waals surface area contributed by atoms with E-state index in [1.165, 1.54) is 12.1 Å². The Balaban J connectivity index is 3.04. The molecule has 1 rings (SSSR count). The standard InChI is InChI=1S/C14H22N2O4/c1-13(2,3)19-12(18)16-11-7-6-9(17)8-10(11)14(4,5)20-15/h6-8,17H,15H2,1-5H3,(H,16,18). The summed E-state index contributed by atoms with van der Waals surface area (Å²) >= 11 is 0. The van der Waals surface area contributed by atoms with Gasteiger partial charge in [0.2, 0.25) is 0 Å². The van der Waals surface area contributed by atoms with Crippen molar-refractivity contribution in [3.8, 4) is 5.75 Å². The Bertz CT molecular complexity index is 492. The van der Waals surface area contributed by atoms with Crippen LogP contribution < -0.4 is 11.2 Å². The van der Waals surface area contributed by atoms with Crippen LogP contribution in [0.25, 0.3) is 0 Å². The molecular weight excluding hydrogens is 260 g/mol. The predicted molar refractivity (Wildman–Crippen MR) is 76.3 cm³/mol. The van der Waals surface area contributed by atoms with Gasteiger partial charge in [-0.1, -0.05) is 0 Å². The van der Waals surface area contributed by atoms with E-state index in [1.807, 2.05) is 0 Å². The molecule has 0 aromatic heterocycles. The zero-order valence-electron chi connectivity index (χ0n) is 12.5. The van der Waals surface area contributed by atoms with Gasteiger partial charge in [0.15, 0.2) is 0 Å². The summed E-state index contributed by atoms with van der Waals surface area (Å²) < 4.78 is 5.19. The molecule has 6 nitrogen and oxygen atoms in total. The zero-order valence-corrected chi connectivity index (χ0v) is 12.5. The van der Waals surface area contributed by atoms with E-state index in [2.05, 4.69) is 5.32 Å². The Hall–Kier alpha value is -1.79. The minimum Gasteiger partial charge on any atom is -0.508 e. The first-order chi connectivity index (χ1) is 9.05. The fourth-order valence-electron chi connectivity index (χ4n) is 1.62. The first-order valence-corrected chi connectivity index (χ1v) is 6.26. The molecule has 0 radical (unpaired) electrons. The number of hydrogen-bond donors (Lipinski definition) is 3. The number of amides is 1. The molecule has 0 aliphatic carbocycles. The average Bonchev–Trinajstić information content (AvgIpc) is 2.29. The Morgan fingerprint density at radius 1 is 1.25 bits per heavy atom. The van der Waals surface area contributed by atoms with Gasteiger partial charge < -0.3 is 9.84 Å². The highest BCUT2D eigenvalue weighted by Crippen LogP contribution is 2.33. The Labute approximate surface area is 118 Å². The van der Waals surface area contributed by atoms with Crippen LogP contribution >= 0.6 is 0 Å². The summed E-state index contributed by atoms with van der Waals surface area (Å²) in [4.78, 5) is 16.7. The van der Waals surface area contributed by atoms with E-state index in [0.717, 1.165) is 0 Å². The van der Waals surface area contributed by atoms with E-state index in [0.29, 0.717) is 11.3 Å². The van der Waals surface area contributed by atoms with Crippen molar-refractivity contribution in [1.29, 1.82) is 0 Å². The summed E-state index contributed by atoms with van der Waals surface area (Å²) in [6, 6.07) is 4.51. The van der Waals surface area contributed by atoms with Crippen LogP contribution in [0.1, 0.15) is 40.2 Å². The van der Waals surface area contributed by atoms with Crippen LogP contribution in [-0.2, 0) is 15.2 Å². The lowest BCUT2D eigenvalue weighted by molar-refractivity contribution is -0.0232. The molecule has 1 amide bonds. The van der Waals surface area contributed by atoms with E-state index in [-0.39, 0.29) is 5.75 Å². The molecule has 1 aromatic rings. The lowest BCUT2D eigenvalue weighted by Gasteiger charge is -2.26. The van der Waals surface area contributed by atoms with Crippen LogP contribution in [0.5, 0.6) is 5.75 Å². The molecule has 0 unspecified atom stereocenters. The van der Waals surface area contributed by atoms with Crippen LogP contribution in [0.15, 0.2) is 18.2 Å². The second-order valence-electron chi connectivity index (χ2n) is 5.98. The molecule has 0 bridgehead atoms. The molecule has 1 aromatic carbocycles. The van der Waals surface area contributed by atoms with E-state index in [4.69, 9.17) is 15.5 Å². The van der Waals surface area contributed by atoms with Crippen LogP contribution in [0.2, 0.25) is 0 Å². The number of benzene rings is 1. The second kappa shape index (κ2) is 5.68. The maximum Gasteiger partial charge on any atom is 0.412 e. The van der Waals surface area contributed by atoms with Crippen LogP contribution in [0.4, 0.5) is 10.5 Å². The molecule has 20 heavy (non-hydrogen) atoms. The number of phenolic OH excluding ortho intramolecular Hbond substituents is 1. The van der Waals surface area contributed by atoms with E-state index < -0.39 is 17.3 Å². The van der Waals surface area contributed by atoms with E-state index >= 15 is 0 Å². The molecule has 0 aliphatic heterocycles. The number of aromatic hydroxyl groups is 1. The van der Waals surface area contributed by atoms with Crippen molar-refractivity contribution in [2.45, 2.75) is 45.8 Å². The zero-order chi connectivity index (χ0) is 15.6. The van der Waals surface area contributed by atoms with Crippen molar-refractivity contribution in [3.05, 3.63) is 23.8 Å². The van der Waals surface area contributed by atoms with Gasteiger partial charge in [0.05, 0.1) is 5.69 Å². The van der Waals surface area contributed by atoms with Gasteiger partial charge >= 0.3 is 6.09 Å². The highest BCUT2D eigenvalue weighted by molar-refractivity contribution is 5.86. The van der Waals surface area contributed by atoms with Gasteiger partial charge in [-0.15, -0.1) is 0 Å². The van der Waals surface area contributed by atoms with Crippen molar-refractivity contribution in [3.63, 3.8) is 0 Å². The van der Waals surface area contributed by atoms with Crippen molar-refractivity contribution in [2.75, 3.05) is 5.32 Å². The van der Waals surface area contributed by atoms with Crippen molar-refractivity contribution in [1.82, 2.24) is 0 Å². The largest absolute Gasteiger partial charge is 0.508 e. The molecule has 0 spiro atoms. The first-order valence-electron chi connectivity index (χ1n) is 6.26.